The van der Waals surface area contributed by atoms with Crippen LogP contribution in [0.1, 0.15) is 0 Å². The molecular formula is C20H14N2O5S. The van der Waals surface area contributed by atoms with E-state index < -0.39 is 10.1 Å². The Morgan fingerprint density at radius 1 is 0.643 bits per heavy atom. The van der Waals surface area contributed by atoms with Gasteiger partial charge >= 0.3 is 0 Å². The topological polar surface area (TPSA) is 120 Å². The van der Waals surface area contributed by atoms with Crippen LogP contribution in [0.25, 0.3) is 21.5 Å². The molecule has 0 radical (unpaired) electrons. The monoisotopic (exact) mass is 394 g/mol. The van der Waals surface area contributed by atoms with Crippen molar-refractivity contribution in [1.82, 2.24) is 0 Å². The van der Waals surface area contributed by atoms with E-state index in [0.717, 1.165) is 5.39 Å². The summed E-state index contributed by atoms with van der Waals surface area (Å²) in [5, 5.41) is 30.7. The predicted octanol–water partition coefficient (Wildman–Crippen LogP) is 5.07. The highest BCUT2D eigenvalue weighted by Crippen LogP contribution is 2.39. The van der Waals surface area contributed by atoms with Crippen LogP contribution >= 0.6 is 0 Å². The lowest BCUT2D eigenvalue weighted by Crippen LogP contribution is -1.98. The van der Waals surface area contributed by atoms with Gasteiger partial charge in [-0.15, -0.1) is 10.2 Å². The van der Waals surface area contributed by atoms with E-state index in [0.29, 0.717) is 5.39 Å². The fourth-order valence-electron chi connectivity index (χ4n) is 3.04. The van der Waals surface area contributed by atoms with Crippen molar-refractivity contribution < 1.29 is 23.2 Å². The SMILES string of the molecule is O=S(=O)(O)c1cccc2c(O)c(N=Nc3ccc4ccccc4c3O)ccc12. The molecule has 0 amide bonds. The summed E-state index contributed by atoms with van der Waals surface area (Å²) in [5.41, 5.74) is 0.317. The Bertz CT molecular complexity index is 1360. The van der Waals surface area contributed by atoms with E-state index in [1.165, 1.54) is 30.3 Å². The number of rotatable bonds is 3. The molecule has 0 atom stereocenters. The summed E-state index contributed by atoms with van der Waals surface area (Å²) in [7, 11) is -4.44. The molecule has 0 bridgehead atoms. The molecule has 7 nitrogen and oxygen atoms in total. The molecule has 0 heterocycles. The lowest BCUT2D eigenvalue weighted by molar-refractivity contribution is 0.479. The van der Waals surface area contributed by atoms with Gasteiger partial charge in [-0.1, -0.05) is 48.5 Å². The minimum Gasteiger partial charge on any atom is -0.505 e. The minimum absolute atomic E-state index is 0.0317. The van der Waals surface area contributed by atoms with Crippen LogP contribution in [0, 0.1) is 0 Å². The number of fused-ring (bicyclic) bond motifs is 2. The van der Waals surface area contributed by atoms with E-state index in [1.807, 2.05) is 12.1 Å². The summed E-state index contributed by atoms with van der Waals surface area (Å²) in [6, 6.07) is 17.6. The van der Waals surface area contributed by atoms with E-state index in [2.05, 4.69) is 10.2 Å². The lowest BCUT2D eigenvalue weighted by Gasteiger charge is -2.07. The number of hydrogen-bond acceptors (Lipinski definition) is 6. The van der Waals surface area contributed by atoms with Crippen LogP contribution in [0.2, 0.25) is 0 Å². The second-order valence-corrected chi connectivity index (χ2v) is 7.50. The third-order valence-corrected chi connectivity index (χ3v) is 5.31. The van der Waals surface area contributed by atoms with Crippen LogP contribution in [-0.4, -0.2) is 23.2 Å². The van der Waals surface area contributed by atoms with E-state index in [4.69, 9.17) is 0 Å². The Balaban J connectivity index is 1.81. The number of phenols is 2. The third kappa shape index (κ3) is 3.04. The molecule has 0 aliphatic carbocycles. The predicted molar refractivity (Wildman–Crippen MR) is 105 cm³/mol. The minimum atomic E-state index is -4.44. The van der Waals surface area contributed by atoms with Gasteiger partial charge in [0, 0.05) is 16.2 Å². The van der Waals surface area contributed by atoms with Gasteiger partial charge in [0.2, 0.25) is 0 Å². The van der Waals surface area contributed by atoms with Crippen LogP contribution in [0.4, 0.5) is 11.4 Å². The quantitative estimate of drug-likeness (QED) is 0.331. The van der Waals surface area contributed by atoms with E-state index in [1.54, 1.807) is 24.3 Å². The number of phenolic OH excluding ortho intramolecular Hbond substituents is 2. The Labute approximate surface area is 160 Å². The lowest BCUT2D eigenvalue weighted by atomic mass is 10.1. The van der Waals surface area contributed by atoms with Crippen molar-refractivity contribution in [2.75, 3.05) is 0 Å². The van der Waals surface area contributed by atoms with Gasteiger partial charge in [0.25, 0.3) is 10.1 Å². The van der Waals surface area contributed by atoms with Crippen molar-refractivity contribution >= 4 is 43.0 Å². The van der Waals surface area contributed by atoms with Crippen molar-refractivity contribution in [3.63, 3.8) is 0 Å². The molecule has 140 valence electrons. The van der Waals surface area contributed by atoms with Crippen molar-refractivity contribution in [1.29, 1.82) is 0 Å². The molecular weight excluding hydrogens is 380 g/mol. The van der Waals surface area contributed by atoms with Crippen LogP contribution in [0.3, 0.4) is 0 Å². The molecule has 0 aliphatic rings. The van der Waals surface area contributed by atoms with Crippen molar-refractivity contribution in [3.8, 4) is 11.5 Å². The van der Waals surface area contributed by atoms with Crippen molar-refractivity contribution in [2.24, 2.45) is 10.2 Å². The first-order chi connectivity index (χ1) is 13.4. The first kappa shape index (κ1) is 17.9. The first-order valence-corrected chi connectivity index (χ1v) is 9.65. The Hall–Kier alpha value is -3.49. The molecule has 0 aliphatic heterocycles. The van der Waals surface area contributed by atoms with Gasteiger partial charge in [0.05, 0.1) is 0 Å². The third-order valence-electron chi connectivity index (χ3n) is 4.39. The molecule has 0 saturated carbocycles. The van der Waals surface area contributed by atoms with Gasteiger partial charge in [0.15, 0.2) is 11.5 Å². The summed E-state index contributed by atoms with van der Waals surface area (Å²) < 4.78 is 32.3. The number of nitrogens with zero attached hydrogens (tertiary/aromatic N) is 2. The maximum atomic E-state index is 11.5. The number of hydrogen-bond donors (Lipinski definition) is 3. The van der Waals surface area contributed by atoms with E-state index >= 15 is 0 Å². The first-order valence-electron chi connectivity index (χ1n) is 8.21. The summed E-state index contributed by atoms with van der Waals surface area (Å²) in [5.74, 6) is -0.317. The average molecular weight is 394 g/mol. The zero-order chi connectivity index (χ0) is 19.9. The van der Waals surface area contributed by atoms with Gasteiger partial charge in [0.1, 0.15) is 16.3 Å². The van der Waals surface area contributed by atoms with Gasteiger partial charge < -0.3 is 10.2 Å². The molecule has 4 aromatic carbocycles. The van der Waals surface area contributed by atoms with Crippen LogP contribution in [0.15, 0.2) is 81.9 Å². The largest absolute Gasteiger partial charge is 0.505 e. The van der Waals surface area contributed by atoms with Crippen molar-refractivity contribution in [3.05, 3.63) is 66.7 Å². The molecule has 0 saturated heterocycles. The van der Waals surface area contributed by atoms with Crippen molar-refractivity contribution in [2.45, 2.75) is 4.90 Å². The summed E-state index contributed by atoms with van der Waals surface area (Å²) in [6.45, 7) is 0. The molecule has 4 rings (SSSR count). The van der Waals surface area contributed by atoms with Gasteiger partial charge in [-0.25, -0.2) is 0 Å². The molecule has 4 aromatic rings. The van der Waals surface area contributed by atoms with Gasteiger partial charge in [-0.2, -0.15) is 8.42 Å². The fourth-order valence-corrected chi connectivity index (χ4v) is 3.75. The van der Waals surface area contributed by atoms with E-state index in [9.17, 15) is 23.2 Å². The molecule has 3 N–H and O–H groups in total. The highest BCUT2D eigenvalue weighted by atomic mass is 32.2. The molecule has 0 spiro atoms. The maximum Gasteiger partial charge on any atom is 0.295 e. The molecule has 0 fully saturated rings. The van der Waals surface area contributed by atoms with Crippen LogP contribution in [-0.2, 0) is 10.1 Å². The Morgan fingerprint density at radius 3 is 1.96 bits per heavy atom. The molecule has 0 aromatic heterocycles. The highest BCUT2D eigenvalue weighted by molar-refractivity contribution is 7.86. The van der Waals surface area contributed by atoms with Crippen LogP contribution < -0.4 is 0 Å². The summed E-state index contributed by atoms with van der Waals surface area (Å²) >= 11 is 0. The van der Waals surface area contributed by atoms with Gasteiger partial charge in [-0.05, 0) is 23.6 Å². The normalized spacial score (nSPS) is 12.2. The molecule has 8 heteroatoms. The molecule has 0 unspecified atom stereocenters. The number of azo groups is 1. The van der Waals surface area contributed by atoms with Crippen LogP contribution in [0.5, 0.6) is 11.5 Å². The second-order valence-electron chi connectivity index (χ2n) is 6.11. The summed E-state index contributed by atoms with van der Waals surface area (Å²) in [6.07, 6.45) is 0. The molecule has 28 heavy (non-hydrogen) atoms. The highest BCUT2D eigenvalue weighted by Gasteiger charge is 2.16. The van der Waals surface area contributed by atoms with E-state index in [-0.39, 0.29) is 38.5 Å². The van der Waals surface area contributed by atoms with Gasteiger partial charge in [-0.3, -0.25) is 4.55 Å². The Morgan fingerprint density at radius 2 is 1.25 bits per heavy atom. The number of aromatic hydroxyl groups is 2. The maximum absolute atomic E-state index is 11.5. The standard InChI is InChI=1S/C20H14N2O5S/c23-19-13-5-2-1-4-12(13)8-10-16(19)21-22-17-11-9-14-15(20(17)24)6-3-7-18(14)28(25,26)27/h1-11,23-24H,(H,25,26,27). The fraction of sp³-hybridized carbons (Fsp3) is 0. The summed E-state index contributed by atoms with van der Waals surface area (Å²) in [4.78, 5) is -0.309. The zero-order valence-corrected chi connectivity index (χ0v) is 15.1. The second kappa shape index (κ2) is 6.59. The smallest absolute Gasteiger partial charge is 0.295 e. The average Bonchev–Trinajstić information content (AvgIpc) is 2.68. The number of benzene rings is 4. The Kier molecular flexibility index (Phi) is 4.21. The zero-order valence-electron chi connectivity index (χ0n) is 14.3.